The van der Waals surface area contributed by atoms with Crippen LogP contribution in [0, 0.1) is 11.6 Å². The predicted molar refractivity (Wildman–Crippen MR) is 64.6 cm³/mol. The fraction of sp³-hybridized carbons (Fsp3) is 0.538. The van der Waals surface area contributed by atoms with Crippen LogP contribution >= 0.6 is 0 Å². The van der Waals surface area contributed by atoms with Gasteiger partial charge in [0.1, 0.15) is 11.6 Å². The molecule has 3 nitrogen and oxygen atoms in total. The molecular weight excluding hydrogens is 238 g/mol. The van der Waals surface area contributed by atoms with Crippen molar-refractivity contribution < 1.29 is 13.5 Å². The van der Waals surface area contributed by atoms with Gasteiger partial charge in [0.2, 0.25) is 0 Å². The van der Waals surface area contributed by atoms with Gasteiger partial charge in [0.05, 0.1) is 12.1 Å². The molecule has 5 heteroatoms. The van der Waals surface area contributed by atoms with E-state index in [1.807, 2.05) is 0 Å². The van der Waals surface area contributed by atoms with Crippen LogP contribution in [0.3, 0.4) is 0 Å². The van der Waals surface area contributed by atoms with Gasteiger partial charge in [0.25, 0.3) is 0 Å². The largest absolute Gasteiger partial charge is 0.378 e. The number of hydrogen-bond donors (Lipinski definition) is 2. The molecule has 0 aromatic heterocycles. The molecule has 1 aromatic rings. The van der Waals surface area contributed by atoms with E-state index in [1.165, 1.54) is 12.1 Å². The molecule has 2 atom stereocenters. The molecule has 1 aliphatic heterocycles. The molecule has 0 spiro atoms. The Kier molecular flexibility index (Phi) is 4.63. The van der Waals surface area contributed by atoms with Crippen LogP contribution in [0.1, 0.15) is 37.3 Å². The Morgan fingerprint density at radius 1 is 1.39 bits per heavy atom. The van der Waals surface area contributed by atoms with Crippen molar-refractivity contribution in [2.45, 2.75) is 37.8 Å². The molecule has 0 bridgehead atoms. The topological polar surface area (TPSA) is 47.3 Å². The molecule has 1 fully saturated rings. The summed E-state index contributed by atoms with van der Waals surface area (Å²) in [7, 11) is 0. The first-order valence-electron chi connectivity index (χ1n) is 6.23. The molecule has 1 aliphatic rings. The average Bonchev–Trinajstić information content (AvgIpc) is 2.38. The lowest BCUT2D eigenvalue weighted by atomic mass is 9.96. The van der Waals surface area contributed by atoms with Crippen LogP contribution in [0.25, 0.3) is 0 Å². The fourth-order valence-corrected chi connectivity index (χ4v) is 2.33. The molecule has 0 radical (unpaired) electrons. The third-order valence-corrected chi connectivity index (χ3v) is 3.31. The van der Waals surface area contributed by atoms with E-state index < -0.39 is 11.6 Å². The number of hydrogen-bond acceptors (Lipinski definition) is 3. The number of hydrazine groups is 1. The maximum absolute atomic E-state index is 13.7. The third kappa shape index (κ3) is 3.25. The normalized spacial score (nSPS) is 21.8. The lowest BCUT2D eigenvalue weighted by Gasteiger charge is -2.27. The molecule has 1 heterocycles. The van der Waals surface area contributed by atoms with E-state index in [0.29, 0.717) is 12.0 Å². The molecule has 1 saturated heterocycles. The van der Waals surface area contributed by atoms with Crippen LogP contribution in [0.5, 0.6) is 0 Å². The van der Waals surface area contributed by atoms with Crippen molar-refractivity contribution in [3.05, 3.63) is 35.4 Å². The van der Waals surface area contributed by atoms with E-state index in [1.54, 1.807) is 0 Å². The number of rotatable bonds is 4. The van der Waals surface area contributed by atoms with Crippen molar-refractivity contribution in [1.82, 2.24) is 5.43 Å². The molecule has 18 heavy (non-hydrogen) atoms. The summed E-state index contributed by atoms with van der Waals surface area (Å²) in [6.45, 7) is 0.744. The second-order valence-electron chi connectivity index (χ2n) is 4.61. The highest BCUT2D eigenvalue weighted by atomic mass is 19.1. The highest BCUT2D eigenvalue weighted by Crippen LogP contribution is 2.26. The molecule has 0 amide bonds. The second kappa shape index (κ2) is 6.22. The van der Waals surface area contributed by atoms with Crippen LogP contribution in [-0.4, -0.2) is 12.7 Å². The molecule has 3 N–H and O–H groups in total. The fourth-order valence-electron chi connectivity index (χ4n) is 2.33. The van der Waals surface area contributed by atoms with E-state index >= 15 is 0 Å². The van der Waals surface area contributed by atoms with Crippen LogP contribution in [0.15, 0.2) is 18.2 Å². The second-order valence-corrected chi connectivity index (χ2v) is 4.61. The van der Waals surface area contributed by atoms with Gasteiger partial charge in [0.15, 0.2) is 0 Å². The van der Waals surface area contributed by atoms with Gasteiger partial charge in [0, 0.05) is 18.2 Å². The van der Waals surface area contributed by atoms with Crippen molar-refractivity contribution in [3.8, 4) is 0 Å². The summed E-state index contributed by atoms with van der Waals surface area (Å²) in [6, 6.07) is 3.19. The number of nitrogens with one attached hydrogen (secondary N) is 1. The Morgan fingerprint density at radius 3 is 2.83 bits per heavy atom. The first kappa shape index (κ1) is 13.4. The Labute approximate surface area is 105 Å². The van der Waals surface area contributed by atoms with Crippen molar-refractivity contribution >= 4 is 0 Å². The lowest BCUT2D eigenvalue weighted by molar-refractivity contribution is 0.00483. The highest BCUT2D eigenvalue weighted by Gasteiger charge is 2.22. The number of benzene rings is 1. The molecule has 0 saturated carbocycles. The third-order valence-electron chi connectivity index (χ3n) is 3.31. The molecule has 2 unspecified atom stereocenters. The van der Waals surface area contributed by atoms with Gasteiger partial charge in [-0.1, -0.05) is 6.07 Å². The van der Waals surface area contributed by atoms with Crippen molar-refractivity contribution in [2.24, 2.45) is 5.84 Å². The minimum atomic E-state index is -0.582. The zero-order valence-electron chi connectivity index (χ0n) is 10.2. The average molecular weight is 256 g/mol. The summed E-state index contributed by atoms with van der Waals surface area (Å²) >= 11 is 0. The smallest absolute Gasteiger partial charge is 0.130 e. The van der Waals surface area contributed by atoms with Crippen molar-refractivity contribution in [2.75, 3.05) is 6.61 Å². The van der Waals surface area contributed by atoms with Crippen LogP contribution in [0.2, 0.25) is 0 Å². The standard InChI is InChI=1S/C13H18F2N2O/c14-9-4-5-11(12(15)7-9)13(17-16)8-10-3-1-2-6-18-10/h4-5,7,10,13,17H,1-3,6,8,16H2. The minimum absolute atomic E-state index is 0.0873. The summed E-state index contributed by atoms with van der Waals surface area (Å²) < 4.78 is 32.1. The summed E-state index contributed by atoms with van der Waals surface area (Å²) in [6.07, 6.45) is 3.83. The van der Waals surface area contributed by atoms with Crippen molar-refractivity contribution in [1.29, 1.82) is 0 Å². The molecule has 0 aliphatic carbocycles. The minimum Gasteiger partial charge on any atom is -0.378 e. The number of ether oxygens (including phenoxy) is 1. The van der Waals surface area contributed by atoms with E-state index in [4.69, 9.17) is 10.6 Å². The van der Waals surface area contributed by atoms with Gasteiger partial charge in [-0.15, -0.1) is 0 Å². The highest BCUT2D eigenvalue weighted by molar-refractivity contribution is 5.22. The zero-order chi connectivity index (χ0) is 13.0. The SMILES string of the molecule is NNC(CC1CCCCO1)c1ccc(F)cc1F. The maximum Gasteiger partial charge on any atom is 0.130 e. The Balaban J connectivity index is 2.07. The molecule has 2 rings (SSSR count). The summed E-state index contributed by atoms with van der Waals surface area (Å²) in [4.78, 5) is 0. The Hall–Kier alpha value is -1.04. The zero-order valence-corrected chi connectivity index (χ0v) is 10.2. The van der Waals surface area contributed by atoms with E-state index in [2.05, 4.69) is 5.43 Å². The Bertz CT molecular complexity index is 395. The van der Waals surface area contributed by atoms with Crippen LogP contribution in [-0.2, 0) is 4.74 Å². The molecule has 100 valence electrons. The lowest BCUT2D eigenvalue weighted by Crippen LogP contribution is -2.33. The first-order chi connectivity index (χ1) is 8.70. The summed E-state index contributed by atoms with van der Waals surface area (Å²) in [5, 5.41) is 0. The predicted octanol–water partition coefficient (Wildman–Crippen LogP) is 2.43. The summed E-state index contributed by atoms with van der Waals surface area (Å²) in [5.74, 6) is 4.31. The van der Waals surface area contributed by atoms with Gasteiger partial charge in [-0.2, -0.15) is 0 Å². The van der Waals surface area contributed by atoms with Crippen molar-refractivity contribution in [3.63, 3.8) is 0 Å². The Morgan fingerprint density at radius 2 is 2.22 bits per heavy atom. The van der Waals surface area contributed by atoms with Gasteiger partial charge in [-0.25, -0.2) is 8.78 Å². The molecular formula is C13H18F2N2O. The summed E-state index contributed by atoms with van der Waals surface area (Å²) in [5.41, 5.74) is 2.97. The van der Waals surface area contributed by atoms with Gasteiger partial charge in [-0.3, -0.25) is 11.3 Å². The molecule has 1 aromatic carbocycles. The van der Waals surface area contributed by atoms with E-state index in [0.717, 1.165) is 31.9 Å². The van der Waals surface area contributed by atoms with Gasteiger partial charge >= 0.3 is 0 Å². The maximum atomic E-state index is 13.7. The van der Waals surface area contributed by atoms with Crippen LogP contribution < -0.4 is 11.3 Å². The van der Waals surface area contributed by atoms with E-state index in [9.17, 15) is 8.78 Å². The van der Waals surface area contributed by atoms with Crippen LogP contribution in [0.4, 0.5) is 8.78 Å². The van der Waals surface area contributed by atoms with E-state index in [-0.39, 0.29) is 12.1 Å². The quantitative estimate of drug-likeness (QED) is 0.642. The van der Waals surface area contributed by atoms with Gasteiger partial charge < -0.3 is 4.74 Å². The first-order valence-corrected chi connectivity index (χ1v) is 6.23. The monoisotopic (exact) mass is 256 g/mol. The van der Waals surface area contributed by atoms with Gasteiger partial charge in [-0.05, 0) is 31.7 Å². The number of halogens is 2. The number of nitrogens with two attached hydrogens (primary N) is 1.